The quantitative estimate of drug-likeness (QED) is 0.673. The molecular weight excluding hydrogens is 360 g/mol. The largest absolute Gasteiger partial charge is 0.411 e. The third-order valence-corrected chi connectivity index (χ3v) is 4.83. The van der Waals surface area contributed by atoms with E-state index < -0.39 is 5.25 Å². The molecule has 2 heterocycles. The Morgan fingerprint density at radius 2 is 2.12 bits per heavy atom. The van der Waals surface area contributed by atoms with Crippen molar-refractivity contribution in [2.75, 3.05) is 5.32 Å². The van der Waals surface area contributed by atoms with Gasteiger partial charge >= 0.3 is 0 Å². The van der Waals surface area contributed by atoms with Gasteiger partial charge in [0.2, 0.25) is 11.8 Å². The molecule has 0 saturated carbocycles. The van der Waals surface area contributed by atoms with Crippen LogP contribution < -0.4 is 5.32 Å². The number of rotatable bonds is 5. The van der Waals surface area contributed by atoms with E-state index in [1.54, 1.807) is 37.5 Å². The average molecular weight is 375 g/mol. The Morgan fingerprint density at radius 1 is 1.28 bits per heavy atom. The Hall–Kier alpha value is -2.38. The van der Waals surface area contributed by atoms with E-state index in [9.17, 15) is 4.79 Å². The summed E-state index contributed by atoms with van der Waals surface area (Å²) in [6.07, 6.45) is 3.31. The van der Waals surface area contributed by atoms with Gasteiger partial charge in [-0.25, -0.2) is 0 Å². The summed E-state index contributed by atoms with van der Waals surface area (Å²) in [6, 6.07) is 9.00. The van der Waals surface area contributed by atoms with Crippen LogP contribution in [0.3, 0.4) is 0 Å². The fourth-order valence-electron chi connectivity index (χ4n) is 2.05. The molecule has 1 amide bonds. The van der Waals surface area contributed by atoms with Crippen LogP contribution in [-0.2, 0) is 4.79 Å². The highest BCUT2D eigenvalue weighted by Crippen LogP contribution is 2.28. The molecule has 1 atom stereocenters. The Kier molecular flexibility index (Phi) is 5.35. The molecule has 1 aromatic carbocycles. The first-order chi connectivity index (χ1) is 12.0. The van der Waals surface area contributed by atoms with E-state index >= 15 is 0 Å². The van der Waals surface area contributed by atoms with Crippen molar-refractivity contribution < 1.29 is 9.21 Å². The zero-order valence-electron chi connectivity index (χ0n) is 13.6. The fraction of sp³-hybridized carbons (Fsp3) is 0.176. The molecule has 0 bridgehead atoms. The number of nitrogens with zero attached hydrogens (tertiary/aromatic N) is 3. The van der Waals surface area contributed by atoms with Gasteiger partial charge in [-0.3, -0.25) is 9.78 Å². The zero-order valence-corrected chi connectivity index (χ0v) is 15.1. The maximum atomic E-state index is 12.4. The number of thioether (sulfide) groups is 1. The summed E-state index contributed by atoms with van der Waals surface area (Å²) >= 11 is 7.26. The minimum absolute atomic E-state index is 0.170. The zero-order chi connectivity index (χ0) is 17.8. The van der Waals surface area contributed by atoms with Gasteiger partial charge < -0.3 is 9.73 Å². The van der Waals surface area contributed by atoms with E-state index in [1.165, 1.54) is 11.8 Å². The van der Waals surface area contributed by atoms with Crippen LogP contribution in [0.4, 0.5) is 5.69 Å². The standard InChI is InChI=1S/C17H15ClN4O2S/c1-10-13(18)6-3-7-14(10)20-15(23)11(2)25-17-22-21-16(24-17)12-5-4-8-19-9-12/h3-9,11H,1-2H3,(H,20,23)/t11-/m1/s1. The number of hydrogen-bond donors (Lipinski definition) is 1. The van der Waals surface area contributed by atoms with Crippen LogP contribution in [0.2, 0.25) is 5.02 Å². The summed E-state index contributed by atoms with van der Waals surface area (Å²) in [6.45, 7) is 3.63. The molecule has 3 rings (SSSR count). The Labute approximate surface area is 154 Å². The lowest BCUT2D eigenvalue weighted by Crippen LogP contribution is -2.22. The first-order valence-electron chi connectivity index (χ1n) is 7.51. The number of benzene rings is 1. The molecule has 0 spiro atoms. The first-order valence-corrected chi connectivity index (χ1v) is 8.77. The summed E-state index contributed by atoms with van der Waals surface area (Å²) in [5.74, 6) is 0.199. The van der Waals surface area contributed by atoms with Gasteiger partial charge in [-0.15, -0.1) is 10.2 Å². The molecule has 8 heteroatoms. The summed E-state index contributed by atoms with van der Waals surface area (Å²) < 4.78 is 5.58. The smallest absolute Gasteiger partial charge is 0.277 e. The number of carbonyl (C=O) groups excluding carboxylic acids is 1. The molecule has 0 saturated heterocycles. The summed E-state index contributed by atoms with van der Waals surface area (Å²) in [4.78, 5) is 16.4. The normalized spacial score (nSPS) is 12.0. The van der Waals surface area contributed by atoms with E-state index in [4.69, 9.17) is 16.0 Å². The molecule has 0 unspecified atom stereocenters. The minimum Gasteiger partial charge on any atom is -0.411 e. The number of anilines is 1. The van der Waals surface area contributed by atoms with Gasteiger partial charge in [0.05, 0.1) is 10.8 Å². The van der Waals surface area contributed by atoms with Crippen LogP contribution in [0, 0.1) is 6.92 Å². The predicted octanol–water partition coefficient (Wildman–Crippen LogP) is 4.21. The lowest BCUT2D eigenvalue weighted by atomic mass is 10.2. The topological polar surface area (TPSA) is 80.9 Å². The molecule has 0 aliphatic rings. The van der Waals surface area contributed by atoms with Gasteiger partial charge in [0.15, 0.2) is 0 Å². The first kappa shape index (κ1) is 17.4. The molecule has 6 nitrogen and oxygen atoms in total. The van der Waals surface area contributed by atoms with Crippen LogP contribution in [0.5, 0.6) is 0 Å². The highest BCUT2D eigenvalue weighted by molar-refractivity contribution is 8.00. The van der Waals surface area contributed by atoms with E-state index in [1.807, 2.05) is 19.1 Å². The number of amides is 1. The molecule has 128 valence electrons. The van der Waals surface area contributed by atoms with Crippen molar-refractivity contribution in [3.63, 3.8) is 0 Å². The van der Waals surface area contributed by atoms with Crippen LogP contribution in [0.15, 0.2) is 52.4 Å². The summed E-state index contributed by atoms with van der Waals surface area (Å²) in [7, 11) is 0. The minimum atomic E-state index is -0.416. The molecule has 0 fully saturated rings. The highest BCUT2D eigenvalue weighted by Gasteiger charge is 2.19. The van der Waals surface area contributed by atoms with Crippen molar-refractivity contribution in [2.24, 2.45) is 0 Å². The van der Waals surface area contributed by atoms with E-state index in [2.05, 4.69) is 20.5 Å². The van der Waals surface area contributed by atoms with Crippen molar-refractivity contribution in [1.82, 2.24) is 15.2 Å². The number of carbonyl (C=O) groups is 1. The third-order valence-electron chi connectivity index (χ3n) is 3.49. The fourth-order valence-corrected chi connectivity index (χ4v) is 2.90. The van der Waals surface area contributed by atoms with Crippen LogP contribution in [-0.4, -0.2) is 26.3 Å². The monoisotopic (exact) mass is 374 g/mol. The summed E-state index contributed by atoms with van der Waals surface area (Å²) in [5.41, 5.74) is 2.24. The van der Waals surface area contributed by atoms with Crippen molar-refractivity contribution in [1.29, 1.82) is 0 Å². The van der Waals surface area contributed by atoms with Crippen molar-refractivity contribution in [3.8, 4) is 11.5 Å². The van der Waals surface area contributed by atoms with Crippen LogP contribution in [0.25, 0.3) is 11.5 Å². The van der Waals surface area contributed by atoms with Gasteiger partial charge in [0.25, 0.3) is 5.22 Å². The second kappa shape index (κ2) is 7.67. The van der Waals surface area contributed by atoms with Gasteiger partial charge in [-0.2, -0.15) is 0 Å². The molecule has 0 aliphatic heterocycles. The van der Waals surface area contributed by atoms with Gasteiger partial charge in [-0.05, 0) is 43.7 Å². The second-order valence-electron chi connectivity index (χ2n) is 5.28. The number of hydrogen-bond acceptors (Lipinski definition) is 6. The molecule has 3 aromatic rings. The maximum absolute atomic E-state index is 12.4. The molecule has 0 radical (unpaired) electrons. The number of pyridine rings is 1. The van der Waals surface area contributed by atoms with Gasteiger partial charge in [0.1, 0.15) is 0 Å². The van der Waals surface area contributed by atoms with E-state index in [0.717, 1.165) is 11.1 Å². The molecule has 1 N–H and O–H groups in total. The predicted molar refractivity (Wildman–Crippen MR) is 97.7 cm³/mol. The van der Waals surface area contributed by atoms with Gasteiger partial charge in [0, 0.05) is 23.1 Å². The number of nitrogens with one attached hydrogen (secondary N) is 1. The van der Waals surface area contributed by atoms with Crippen molar-refractivity contribution in [2.45, 2.75) is 24.3 Å². The van der Waals surface area contributed by atoms with Crippen molar-refractivity contribution in [3.05, 3.63) is 53.3 Å². The lowest BCUT2D eigenvalue weighted by Gasteiger charge is -2.12. The SMILES string of the molecule is Cc1c(Cl)cccc1NC(=O)[C@@H](C)Sc1nnc(-c2cccnc2)o1. The highest BCUT2D eigenvalue weighted by atomic mass is 35.5. The summed E-state index contributed by atoms with van der Waals surface area (Å²) in [5, 5.41) is 11.3. The van der Waals surface area contributed by atoms with Crippen LogP contribution >= 0.6 is 23.4 Å². The molecule has 25 heavy (non-hydrogen) atoms. The Morgan fingerprint density at radius 3 is 2.88 bits per heavy atom. The third kappa shape index (κ3) is 4.18. The lowest BCUT2D eigenvalue weighted by molar-refractivity contribution is -0.115. The van der Waals surface area contributed by atoms with Crippen molar-refractivity contribution >= 4 is 35.0 Å². The Balaban J connectivity index is 1.66. The number of aromatic nitrogens is 3. The second-order valence-corrected chi connectivity index (χ2v) is 6.98. The maximum Gasteiger partial charge on any atom is 0.277 e. The average Bonchev–Trinajstić information content (AvgIpc) is 3.08. The molecule has 2 aromatic heterocycles. The molecular formula is C17H15ClN4O2S. The van der Waals surface area contributed by atoms with E-state index in [0.29, 0.717) is 21.8 Å². The van der Waals surface area contributed by atoms with E-state index in [-0.39, 0.29) is 5.91 Å². The van der Waals surface area contributed by atoms with Crippen LogP contribution in [0.1, 0.15) is 12.5 Å². The van der Waals surface area contributed by atoms with Gasteiger partial charge in [-0.1, -0.05) is 29.4 Å². The molecule has 0 aliphatic carbocycles. The Bertz CT molecular complexity index is 885. The number of halogens is 1.